The number of aromatic nitrogens is 4. The number of nitrogen functional groups attached to an aromatic ring is 2. The van der Waals surface area contributed by atoms with Crippen LogP contribution in [-0.4, -0.2) is 37.2 Å². The highest BCUT2D eigenvalue weighted by atomic mass is 32.2. The molecule has 18 heteroatoms. The number of nitrogens with zero attached hydrogens (tertiary/aromatic N) is 2. The van der Waals surface area contributed by atoms with E-state index >= 15 is 0 Å². The summed E-state index contributed by atoms with van der Waals surface area (Å²) >= 11 is 0. The lowest BCUT2D eigenvalue weighted by Crippen LogP contribution is -2.13. The van der Waals surface area contributed by atoms with Gasteiger partial charge in [-0.1, -0.05) is 0 Å². The summed E-state index contributed by atoms with van der Waals surface area (Å²) in [6, 6.07) is 13.2. The van der Waals surface area contributed by atoms with Crippen molar-refractivity contribution in [2.24, 2.45) is 0 Å². The van der Waals surface area contributed by atoms with Crippen LogP contribution >= 0.6 is 0 Å². The summed E-state index contributed by atoms with van der Waals surface area (Å²) in [5, 5.41) is 14.0. The molecule has 4 aromatic carbocycles. The van der Waals surface area contributed by atoms with Crippen LogP contribution in [0.3, 0.4) is 0 Å². The van der Waals surface area contributed by atoms with Gasteiger partial charge in [0.2, 0.25) is 0 Å². The van der Waals surface area contributed by atoms with Gasteiger partial charge in [-0.3, -0.25) is 19.6 Å². The van der Waals surface area contributed by atoms with Crippen molar-refractivity contribution in [3.63, 3.8) is 0 Å². The summed E-state index contributed by atoms with van der Waals surface area (Å²) in [4.78, 5) is -1.02. The van der Waals surface area contributed by atoms with Crippen LogP contribution in [0.25, 0.3) is 21.8 Å². The van der Waals surface area contributed by atoms with Crippen LogP contribution in [0.1, 0.15) is 0 Å². The van der Waals surface area contributed by atoms with Crippen LogP contribution in [0.5, 0.6) is 0 Å². The molecule has 6 aromatic rings. The first kappa shape index (κ1) is 30.1. The second-order valence-corrected chi connectivity index (χ2v) is 12.5. The number of halogens is 4. The molecule has 0 radical (unpaired) electrons. The molecule has 0 aliphatic carbocycles. The van der Waals surface area contributed by atoms with Crippen molar-refractivity contribution in [1.82, 2.24) is 20.4 Å². The van der Waals surface area contributed by atoms with E-state index in [-0.39, 0.29) is 23.0 Å². The quantitative estimate of drug-likeness (QED) is 0.142. The fourth-order valence-corrected chi connectivity index (χ4v) is 6.17. The van der Waals surface area contributed by atoms with E-state index in [1.807, 2.05) is 0 Å². The minimum Gasteiger partial charge on any atom is -0.382 e. The van der Waals surface area contributed by atoms with E-state index in [0.717, 1.165) is 24.3 Å². The van der Waals surface area contributed by atoms with Gasteiger partial charge >= 0.3 is 0 Å². The van der Waals surface area contributed by atoms with Crippen LogP contribution in [-0.2, 0) is 20.0 Å². The predicted molar refractivity (Wildman–Crippen MR) is 155 cm³/mol. The highest BCUT2D eigenvalue weighted by Crippen LogP contribution is 2.26. The zero-order valence-corrected chi connectivity index (χ0v) is 23.6. The highest BCUT2D eigenvalue weighted by Gasteiger charge is 2.19. The van der Waals surface area contributed by atoms with Crippen molar-refractivity contribution < 1.29 is 34.4 Å². The number of anilines is 4. The van der Waals surface area contributed by atoms with E-state index in [1.165, 1.54) is 24.3 Å². The minimum absolute atomic E-state index is 0.199. The number of H-pyrrole nitrogens is 2. The van der Waals surface area contributed by atoms with Crippen molar-refractivity contribution in [3.05, 3.63) is 96.1 Å². The first-order valence-electron chi connectivity index (χ1n) is 12.2. The zero-order valence-electron chi connectivity index (χ0n) is 21.9. The summed E-state index contributed by atoms with van der Waals surface area (Å²) in [5.74, 6) is -3.48. The monoisotopic (exact) mass is 648 g/mol. The van der Waals surface area contributed by atoms with Crippen molar-refractivity contribution >= 4 is 64.9 Å². The molecule has 228 valence electrons. The summed E-state index contributed by atoms with van der Waals surface area (Å²) in [6.07, 6.45) is 0. The van der Waals surface area contributed by atoms with Gasteiger partial charge in [-0.25, -0.2) is 34.4 Å². The summed E-state index contributed by atoms with van der Waals surface area (Å²) < 4.78 is 106. The molecule has 0 spiro atoms. The Morgan fingerprint density at radius 2 is 0.886 bits per heavy atom. The maximum Gasteiger partial charge on any atom is 0.262 e. The Kier molecular flexibility index (Phi) is 7.79. The van der Waals surface area contributed by atoms with Gasteiger partial charge in [-0.05, 0) is 60.7 Å². The zero-order chi connectivity index (χ0) is 31.8. The number of aromatic amines is 2. The number of rotatable bonds is 6. The largest absolute Gasteiger partial charge is 0.382 e. The third-order valence-electron chi connectivity index (χ3n) is 5.98. The Bertz CT molecular complexity index is 2060. The fourth-order valence-electron chi connectivity index (χ4n) is 3.99. The predicted octanol–water partition coefficient (Wildman–Crippen LogP) is 4.45. The van der Waals surface area contributed by atoms with E-state index in [9.17, 15) is 34.4 Å². The Morgan fingerprint density at radius 3 is 1.23 bits per heavy atom. The van der Waals surface area contributed by atoms with Crippen molar-refractivity contribution in [2.45, 2.75) is 9.79 Å². The van der Waals surface area contributed by atoms with Crippen molar-refractivity contribution in [3.8, 4) is 0 Å². The second kappa shape index (κ2) is 11.4. The van der Waals surface area contributed by atoms with Gasteiger partial charge in [-0.15, -0.1) is 0 Å². The van der Waals surface area contributed by atoms with Gasteiger partial charge in [-0.2, -0.15) is 10.2 Å². The number of nitrogens with two attached hydrogens (primary N) is 2. The summed E-state index contributed by atoms with van der Waals surface area (Å²) in [6.45, 7) is 0. The van der Waals surface area contributed by atoms with Gasteiger partial charge in [0.1, 0.15) is 23.3 Å². The molecule has 0 aliphatic heterocycles. The third-order valence-corrected chi connectivity index (χ3v) is 8.70. The lowest BCUT2D eigenvalue weighted by atomic mass is 10.2. The SMILES string of the molecule is Nc1n[nH]c2ccc(NS(=O)(=O)c3cc(F)cc(F)c3)cc12.Nc1n[nH]c2ccc(NS(=O)(=O)c3cc(F)cc(F)c3)cc12. The van der Waals surface area contributed by atoms with E-state index in [2.05, 4.69) is 29.8 Å². The highest BCUT2D eigenvalue weighted by molar-refractivity contribution is 7.93. The number of benzene rings is 4. The van der Waals surface area contributed by atoms with Gasteiger partial charge in [0, 0.05) is 34.3 Å². The number of fused-ring (bicyclic) bond motifs is 2. The molecule has 6 rings (SSSR count). The van der Waals surface area contributed by atoms with E-state index in [4.69, 9.17) is 11.5 Å². The first-order valence-corrected chi connectivity index (χ1v) is 15.1. The van der Waals surface area contributed by atoms with Crippen LogP contribution in [0.2, 0.25) is 0 Å². The molecule has 2 aromatic heterocycles. The van der Waals surface area contributed by atoms with E-state index in [1.54, 1.807) is 12.1 Å². The third kappa shape index (κ3) is 6.50. The average Bonchev–Trinajstić information content (AvgIpc) is 3.49. The number of hydrogen-bond acceptors (Lipinski definition) is 8. The van der Waals surface area contributed by atoms with Crippen LogP contribution in [0, 0.1) is 23.3 Å². The Balaban J connectivity index is 0.000000175. The Hall–Kier alpha value is -5.36. The maximum absolute atomic E-state index is 13.2. The Morgan fingerprint density at radius 1 is 0.545 bits per heavy atom. The smallest absolute Gasteiger partial charge is 0.262 e. The Labute approximate surface area is 246 Å². The molecule has 0 fully saturated rings. The van der Waals surface area contributed by atoms with Gasteiger partial charge in [0.15, 0.2) is 11.6 Å². The number of sulfonamides is 2. The summed E-state index contributed by atoms with van der Waals surface area (Å²) in [7, 11) is -8.25. The van der Waals surface area contributed by atoms with Crippen LogP contribution in [0.15, 0.2) is 82.6 Å². The molecule has 8 N–H and O–H groups in total. The summed E-state index contributed by atoms with van der Waals surface area (Å²) in [5.41, 5.74) is 13.0. The van der Waals surface area contributed by atoms with Crippen LogP contribution in [0.4, 0.5) is 40.6 Å². The molecule has 44 heavy (non-hydrogen) atoms. The van der Waals surface area contributed by atoms with E-state index < -0.39 is 53.1 Å². The topological polar surface area (TPSA) is 202 Å². The second-order valence-electron chi connectivity index (χ2n) is 9.16. The molecule has 12 nitrogen and oxygen atoms in total. The average molecular weight is 649 g/mol. The van der Waals surface area contributed by atoms with E-state index in [0.29, 0.717) is 33.9 Å². The van der Waals surface area contributed by atoms with Gasteiger partial charge in [0.25, 0.3) is 20.0 Å². The normalized spacial score (nSPS) is 11.7. The van der Waals surface area contributed by atoms with Gasteiger partial charge < -0.3 is 11.5 Å². The van der Waals surface area contributed by atoms with Crippen molar-refractivity contribution in [2.75, 3.05) is 20.9 Å². The molecule has 0 aliphatic rings. The molecule has 0 saturated carbocycles. The molecule has 0 saturated heterocycles. The molecule has 0 bridgehead atoms. The maximum atomic E-state index is 13.2. The molecule has 2 heterocycles. The molecular formula is C26H20F4N8O4S2. The fraction of sp³-hybridized carbons (Fsp3) is 0. The number of nitrogens with one attached hydrogen (secondary N) is 4. The van der Waals surface area contributed by atoms with Crippen molar-refractivity contribution in [1.29, 1.82) is 0 Å². The molecule has 0 unspecified atom stereocenters. The first-order chi connectivity index (χ1) is 20.7. The molecule has 0 atom stereocenters. The lowest BCUT2D eigenvalue weighted by molar-refractivity contribution is 0.568. The van der Waals surface area contributed by atoms with Crippen LogP contribution < -0.4 is 20.9 Å². The lowest BCUT2D eigenvalue weighted by Gasteiger charge is -2.08. The molecular weight excluding hydrogens is 628 g/mol. The number of hydrogen-bond donors (Lipinski definition) is 6. The molecule has 0 amide bonds. The minimum atomic E-state index is -4.12. The standard InChI is InChI=1S/2C13H10F2N4O2S/c2*14-7-3-8(15)5-10(4-7)22(20,21)19-9-1-2-12-11(6-9)13(16)18-17-12/h2*1-6,19H,(H3,16,17,18). The van der Waals surface area contributed by atoms with Gasteiger partial charge in [0.05, 0.1) is 20.8 Å².